The van der Waals surface area contributed by atoms with Crippen LogP contribution in [0.25, 0.3) is 5.70 Å². The zero-order chi connectivity index (χ0) is 22.6. The molecule has 0 saturated heterocycles. The second-order valence-electron chi connectivity index (χ2n) is 6.76. The number of benzene rings is 2. The molecule has 2 aromatic carbocycles. The van der Waals surface area contributed by atoms with Gasteiger partial charge >= 0.3 is 6.18 Å². The van der Waals surface area contributed by atoms with E-state index in [4.69, 9.17) is 10.5 Å². The van der Waals surface area contributed by atoms with Crippen LogP contribution in [0.15, 0.2) is 41.4 Å². The highest BCUT2D eigenvalue weighted by atomic mass is 19.4. The van der Waals surface area contributed by atoms with E-state index in [0.717, 1.165) is 18.7 Å². The van der Waals surface area contributed by atoms with Gasteiger partial charge in [0.1, 0.15) is 18.1 Å². The average Bonchev–Trinajstić information content (AvgIpc) is 2.65. The molecule has 30 heavy (non-hydrogen) atoms. The molecule has 0 radical (unpaired) electrons. The number of nitro benzene ring substituents is 1. The van der Waals surface area contributed by atoms with Gasteiger partial charge in [0.2, 0.25) is 0 Å². The maximum absolute atomic E-state index is 12.9. The number of alkyl halides is 3. The highest BCUT2D eigenvalue weighted by Crippen LogP contribution is 2.29. The molecule has 0 spiro atoms. The van der Waals surface area contributed by atoms with Gasteiger partial charge in [-0.25, -0.2) is 0 Å². The first-order valence-electron chi connectivity index (χ1n) is 8.94. The predicted octanol–water partition coefficient (Wildman–Crippen LogP) is 5.03. The molecule has 2 rings (SSSR count). The zero-order valence-electron chi connectivity index (χ0n) is 17.0. The number of ether oxygens (including phenoxy) is 1. The van der Waals surface area contributed by atoms with E-state index in [-0.39, 0.29) is 18.0 Å². The van der Waals surface area contributed by atoms with Crippen LogP contribution >= 0.6 is 0 Å². The SMILES string of the molecule is CN=C(C=C(N)c1cc(C)c(OCc2c(C)cccc2[N+](=O)[O-])cc1C)C(F)(F)F. The molecule has 2 N–H and O–H groups in total. The summed E-state index contributed by atoms with van der Waals surface area (Å²) in [6, 6.07) is 8.03. The fourth-order valence-corrected chi connectivity index (χ4v) is 2.95. The Morgan fingerprint density at radius 3 is 2.43 bits per heavy atom. The van der Waals surface area contributed by atoms with Crippen LogP contribution in [-0.2, 0) is 6.61 Å². The van der Waals surface area contributed by atoms with Gasteiger partial charge in [0, 0.05) is 24.4 Å². The molecule has 0 saturated carbocycles. The number of allylic oxidation sites excluding steroid dienone is 1. The summed E-state index contributed by atoms with van der Waals surface area (Å²) in [6.45, 7) is 5.14. The summed E-state index contributed by atoms with van der Waals surface area (Å²) in [6.07, 6.45) is -3.81. The van der Waals surface area contributed by atoms with Crippen molar-refractivity contribution in [3.05, 3.63) is 74.3 Å². The molecule has 0 aliphatic rings. The lowest BCUT2D eigenvalue weighted by atomic mass is 10.0. The maximum Gasteiger partial charge on any atom is 0.432 e. The standard InChI is InChI=1S/C21H22F3N3O3/c1-12-6-5-7-18(27(28)29)16(12)11-30-19-9-13(2)15(8-14(19)3)17(25)10-20(26-4)21(22,23)24/h5-10H,11,25H2,1-4H3. The minimum absolute atomic E-state index is 0.0192. The molecule has 0 bridgehead atoms. The molecule has 0 aliphatic heterocycles. The summed E-state index contributed by atoms with van der Waals surface area (Å²) in [5.74, 6) is 0.460. The van der Waals surface area contributed by atoms with Gasteiger partial charge in [0.05, 0.1) is 10.5 Å². The van der Waals surface area contributed by atoms with Gasteiger partial charge in [-0.2, -0.15) is 13.2 Å². The molecule has 0 atom stereocenters. The van der Waals surface area contributed by atoms with Gasteiger partial charge in [-0.1, -0.05) is 12.1 Å². The van der Waals surface area contributed by atoms with E-state index in [2.05, 4.69) is 4.99 Å². The highest BCUT2D eigenvalue weighted by Gasteiger charge is 2.33. The van der Waals surface area contributed by atoms with E-state index in [0.29, 0.717) is 28.0 Å². The van der Waals surface area contributed by atoms with Crippen molar-refractivity contribution in [1.29, 1.82) is 0 Å². The number of halogens is 3. The van der Waals surface area contributed by atoms with E-state index < -0.39 is 16.8 Å². The third kappa shape index (κ3) is 5.16. The number of nitrogens with zero attached hydrogens (tertiary/aromatic N) is 2. The summed E-state index contributed by atoms with van der Waals surface area (Å²) in [7, 11) is 1.05. The largest absolute Gasteiger partial charge is 0.488 e. The molecule has 0 aromatic heterocycles. The molecule has 9 heteroatoms. The third-order valence-electron chi connectivity index (χ3n) is 4.61. The molecule has 2 aromatic rings. The molecular weight excluding hydrogens is 399 g/mol. The molecule has 6 nitrogen and oxygen atoms in total. The van der Waals surface area contributed by atoms with Crippen molar-refractivity contribution in [1.82, 2.24) is 0 Å². The Labute approximate surface area is 172 Å². The summed E-state index contributed by atoms with van der Waals surface area (Å²) >= 11 is 0. The fraction of sp³-hybridized carbons (Fsp3) is 0.286. The molecule has 0 unspecified atom stereocenters. The van der Waals surface area contributed by atoms with Crippen molar-refractivity contribution < 1.29 is 22.8 Å². The van der Waals surface area contributed by atoms with E-state index in [9.17, 15) is 23.3 Å². The number of aryl methyl sites for hydroxylation is 3. The van der Waals surface area contributed by atoms with Crippen LogP contribution in [0, 0.1) is 30.9 Å². The predicted molar refractivity (Wildman–Crippen MR) is 110 cm³/mol. The summed E-state index contributed by atoms with van der Waals surface area (Å²) in [5, 5.41) is 11.2. The first-order chi connectivity index (χ1) is 14.0. The number of nitro groups is 1. The molecular formula is C21H22F3N3O3. The second kappa shape index (κ2) is 8.98. The van der Waals surface area contributed by atoms with Gasteiger partial charge in [-0.15, -0.1) is 0 Å². The molecule has 160 valence electrons. The van der Waals surface area contributed by atoms with Crippen LogP contribution in [-0.4, -0.2) is 23.9 Å². The topological polar surface area (TPSA) is 90.8 Å². The number of nitrogens with two attached hydrogens (primary N) is 1. The molecule has 0 fully saturated rings. The monoisotopic (exact) mass is 421 g/mol. The quantitative estimate of drug-likeness (QED) is 0.402. The zero-order valence-corrected chi connectivity index (χ0v) is 17.0. The van der Waals surface area contributed by atoms with Crippen molar-refractivity contribution in [3.8, 4) is 5.75 Å². The summed E-state index contributed by atoms with van der Waals surface area (Å²) in [4.78, 5) is 14.0. The Balaban J connectivity index is 2.33. The minimum atomic E-state index is -4.60. The smallest absolute Gasteiger partial charge is 0.432 e. The number of hydrogen-bond acceptors (Lipinski definition) is 5. The minimum Gasteiger partial charge on any atom is -0.488 e. The highest BCUT2D eigenvalue weighted by molar-refractivity contribution is 6.04. The van der Waals surface area contributed by atoms with Crippen LogP contribution < -0.4 is 10.5 Å². The van der Waals surface area contributed by atoms with Gasteiger partial charge in [0.25, 0.3) is 5.69 Å². The Bertz CT molecular complexity index is 1030. The van der Waals surface area contributed by atoms with Crippen LogP contribution in [0.5, 0.6) is 5.75 Å². The van der Waals surface area contributed by atoms with Crippen LogP contribution in [0.2, 0.25) is 0 Å². The van der Waals surface area contributed by atoms with Gasteiger partial charge in [-0.3, -0.25) is 15.1 Å². The van der Waals surface area contributed by atoms with Gasteiger partial charge < -0.3 is 10.5 Å². The number of rotatable bonds is 6. The summed E-state index contributed by atoms with van der Waals surface area (Å²) in [5.41, 5.74) is 7.53. The van der Waals surface area contributed by atoms with Gasteiger partial charge in [0.15, 0.2) is 0 Å². The first-order valence-corrected chi connectivity index (χ1v) is 8.94. The average molecular weight is 421 g/mol. The van der Waals surface area contributed by atoms with Crippen molar-refractivity contribution in [2.75, 3.05) is 7.05 Å². The number of hydrogen-bond donors (Lipinski definition) is 1. The molecule has 0 aliphatic carbocycles. The number of aliphatic imine (C=N–C) groups is 1. The lowest BCUT2D eigenvalue weighted by molar-refractivity contribution is -0.385. The molecule has 0 amide bonds. The van der Waals surface area contributed by atoms with Crippen LogP contribution in [0.4, 0.5) is 18.9 Å². The van der Waals surface area contributed by atoms with Crippen molar-refractivity contribution >= 4 is 17.1 Å². The Kier molecular flexibility index (Phi) is 6.86. The first kappa shape index (κ1) is 22.9. The van der Waals surface area contributed by atoms with Crippen LogP contribution in [0.3, 0.4) is 0 Å². The summed E-state index contributed by atoms with van der Waals surface area (Å²) < 4.78 is 44.6. The Hall–Kier alpha value is -3.36. The van der Waals surface area contributed by atoms with E-state index >= 15 is 0 Å². The van der Waals surface area contributed by atoms with E-state index in [1.165, 1.54) is 6.07 Å². The second-order valence-corrected chi connectivity index (χ2v) is 6.76. The van der Waals surface area contributed by atoms with E-state index in [1.54, 1.807) is 45.0 Å². The normalized spacial score (nSPS) is 12.8. The van der Waals surface area contributed by atoms with E-state index in [1.807, 2.05) is 0 Å². The van der Waals surface area contributed by atoms with Crippen molar-refractivity contribution in [2.45, 2.75) is 33.6 Å². The van der Waals surface area contributed by atoms with Crippen molar-refractivity contribution in [2.24, 2.45) is 10.7 Å². The van der Waals surface area contributed by atoms with Gasteiger partial charge in [-0.05, 0) is 55.7 Å². The Morgan fingerprint density at radius 1 is 1.20 bits per heavy atom. The fourth-order valence-electron chi connectivity index (χ4n) is 2.95. The lowest BCUT2D eigenvalue weighted by Crippen LogP contribution is -2.22. The molecule has 0 heterocycles. The third-order valence-corrected chi connectivity index (χ3v) is 4.61. The Morgan fingerprint density at radius 2 is 1.87 bits per heavy atom. The van der Waals surface area contributed by atoms with Crippen molar-refractivity contribution in [3.63, 3.8) is 0 Å². The maximum atomic E-state index is 12.9. The lowest BCUT2D eigenvalue weighted by Gasteiger charge is -2.15. The van der Waals surface area contributed by atoms with Crippen LogP contribution in [0.1, 0.15) is 27.8 Å².